The molecule has 0 radical (unpaired) electrons. The number of nitrogens with two attached hydrogens (primary N) is 1. The summed E-state index contributed by atoms with van der Waals surface area (Å²) in [6.07, 6.45) is 1.24. The number of halogens is 2. The molecule has 30 heavy (non-hydrogen) atoms. The molecule has 1 saturated heterocycles. The van der Waals surface area contributed by atoms with Gasteiger partial charge < -0.3 is 15.5 Å². The zero-order valence-electron chi connectivity index (χ0n) is 16.6. The average molecular weight is 432 g/mol. The van der Waals surface area contributed by atoms with Crippen LogP contribution < -0.4 is 5.73 Å². The average Bonchev–Trinajstić information content (AvgIpc) is 2.73. The van der Waals surface area contributed by atoms with Crippen LogP contribution in [0.5, 0.6) is 0 Å². The van der Waals surface area contributed by atoms with E-state index in [9.17, 15) is 18.8 Å². The van der Waals surface area contributed by atoms with Crippen LogP contribution in [0.3, 0.4) is 0 Å². The summed E-state index contributed by atoms with van der Waals surface area (Å²) in [6.45, 7) is 0.775. The number of primary amides is 1. The largest absolute Gasteiger partial charge is 0.368 e. The molecule has 1 heterocycles. The normalized spacial score (nSPS) is 17.3. The molecule has 6 nitrogen and oxygen atoms in total. The predicted octanol–water partition coefficient (Wildman–Crippen LogP) is 3.02. The minimum absolute atomic E-state index is 0.177. The van der Waals surface area contributed by atoms with E-state index in [1.165, 1.54) is 30.1 Å². The van der Waals surface area contributed by atoms with Gasteiger partial charge in [-0.15, -0.1) is 0 Å². The fourth-order valence-corrected chi connectivity index (χ4v) is 3.93. The molecule has 0 spiro atoms. The highest BCUT2D eigenvalue weighted by Crippen LogP contribution is 2.26. The molecule has 0 saturated carbocycles. The lowest BCUT2D eigenvalue weighted by atomic mass is 9.94. The first kappa shape index (κ1) is 21.8. The fourth-order valence-electron chi connectivity index (χ4n) is 3.81. The van der Waals surface area contributed by atoms with Crippen LogP contribution in [0.25, 0.3) is 0 Å². The Bertz CT molecular complexity index is 951. The summed E-state index contributed by atoms with van der Waals surface area (Å²) < 4.78 is 13.6. The number of carbonyl (C=O) groups excluding carboxylic acids is 3. The maximum atomic E-state index is 13.6. The van der Waals surface area contributed by atoms with E-state index >= 15 is 0 Å². The van der Waals surface area contributed by atoms with Gasteiger partial charge in [-0.25, -0.2) is 4.39 Å². The first-order valence-electron chi connectivity index (χ1n) is 9.64. The number of carbonyl (C=O) groups is 3. The van der Waals surface area contributed by atoms with E-state index in [0.29, 0.717) is 35.5 Å². The Morgan fingerprint density at radius 2 is 1.90 bits per heavy atom. The lowest BCUT2D eigenvalue weighted by Gasteiger charge is -2.36. The second-order valence-electron chi connectivity index (χ2n) is 7.41. The van der Waals surface area contributed by atoms with Crippen LogP contribution in [0.4, 0.5) is 4.39 Å². The molecule has 158 valence electrons. The standard InChI is InChI=1S/C22H23ClFN3O3/c1-26(19(20(25)28)15-4-2-6-18(24)12-15)21(29)16-5-3-11-27(13-16)22(30)14-7-9-17(23)10-8-14/h2,4,6-10,12,16,19H,3,5,11,13H2,1H3,(H2,25,28). The highest BCUT2D eigenvalue weighted by molar-refractivity contribution is 6.30. The van der Waals surface area contributed by atoms with Gasteiger partial charge in [0.1, 0.15) is 11.9 Å². The number of benzene rings is 2. The van der Waals surface area contributed by atoms with Gasteiger partial charge in [-0.1, -0.05) is 23.7 Å². The van der Waals surface area contributed by atoms with Crippen molar-refractivity contribution < 1.29 is 18.8 Å². The van der Waals surface area contributed by atoms with Crippen molar-refractivity contribution in [2.45, 2.75) is 18.9 Å². The van der Waals surface area contributed by atoms with Crippen molar-refractivity contribution in [3.8, 4) is 0 Å². The van der Waals surface area contributed by atoms with Gasteiger partial charge in [0, 0.05) is 30.7 Å². The predicted molar refractivity (Wildman–Crippen MR) is 111 cm³/mol. The Hall–Kier alpha value is -2.93. The molecule has 1 fully saturated rings. The van der Waals surface area contributed by atoms with E-state index in [4.69, 9.17) is 17.3 Å². The molecular formula is C22H23ClFN3O3. The molecule has 2 N–H and O–H groups in total. The lowest BCUT2D eigenvalue weighted by molar-refractivity contribution is -0.142. The molecular weight excluding hydrogens is 409 g/mol. The van der Waals surface area contributed by atoms with Crippen LogP contribution in [0.15, 0.2) is 48.5 Å². The fraction of sp³-hybridized carbons (Fsp3) is 0.318. The SMILES string of the molecule is CN(C(=O)C1CCCN(C(=O)c2ccc(Cl)cc2)C1)C(C(N)=O)c1cccc(F)c1. The number of likely N-dealkylation sites (tertiary alicyclic amines) is 1. The Kier molecular flexibility index (Phi) is 6.72. The van der Waals surface area contributed by atoms with E-state index in [2.05, 4.69) is 0 Å². The molecule has 0 aromatic heterocycles. The van der Waals surface area contributed by atoms with Crippen molar-refractivity contribution in [3.05, 3.63) is 70.5 Å². The molecule has 1 aliphatic rings. The Balaban J connectivity index is 1.75. The van der Waals surface area contributed by atoms with Crippen molar-refractivity contribution in [2.75, 3.05) is 20.1 Å². The van der Waals surface area contributed by atoms with Crippen molar-refractivity contribution in [1.29, 1.82) is 0 Å². The number of hydrogen-bond acceptors (Lipinski definition) is 3. The van der Waals surface area contributed by atoms with Gasteiger partial charge >= 0.3 is 0 Å². The van der Waals surface area contributed by atoms with Crippen LogP contribution in [0.2, 0.25) is 5.02 Å². The Morgan fingerprint density at radius 1 is 1.20 bits per heavy atom. The highest BCUT2D eigenvalue weighted by atomic mass is 35.5. The second kappa shape index (κ2) is 9.26. The Morgan fingerprint density at radius 3 is 2.53 bits per heavy atom. The summed E-state index contributed by atoms with van der Waals surface area (Å²) in [5, 5.41) is 0.537. The molecule has 3 rings (SSSR count). The number of nitrogens with zero attached hydrogens (tertiary/aromatic N) is 2. The number of piperidine rings is 1. The summed E-state index contributed by atoms with van der Waals surface area (Å²) in [6, 6.07) is 11.0. The van der Waals surface area contributed by atoms with Crippen molar-refractivity contribution in [3.63, 3.8) is 0 Å². The Labute approximate surface area is 179 Å². The number of likely N-dealkylation sites (N-methyl/N-ethyl adjacent to an activating group) is 1. The van der Waals surface area contributed by atoms with Gasteiger partial charge in [0.2, 0.25) is 11.8 Å². The van der Waals surface area contributed by atoms with Crippen LogP contribution in [-0.2, 0) is 9.59 Å². The number of rotatable bonds is 5. The number of amides is 3. The third kappa shape index (κ3) is 4.79. The van der Waals surface area contributed by atoms with Gasteiger partial charge in [0.25, 0.3) is 5.91 Å². The first-order chi connectivity index (χ1) is 14.3. The molecule has 0 aliphatic carbocycles. The molecule has 8 heteroatoms. The summed E-state index contributed by atoms with van der Waals surface area (Å²) in [4.78, 5) is 40.8. The maximum absolute atomic E-state index is 13.6. The number of hydrogen-bond donors (Lipinski definition) is 1. The van der Waals surface area contributed by atoms with Crippen molar-refractivity contribution in [1.82, 2.24) is 9.80 Å². The zero-order chi connectivity index (χ0) is 21.8. The third-order valence-corrected chi connectivity index (χ3v) is 5.57. The topological polar surface area (TPSA) is 83.7 Å². The minimum Gasteiger partial charge on any atom is -0.368 e. The van der Waals surface area contributed by atoms with Gasteiger partial charge in [-0.05, 0) is 54.8 Å². The molecule has 2 aromatic carbocycles. The smallest absolute Gasteiger partial charge is 0.253 e. The maximum Gasteiger partial charge on any atom is 0.253 e. The molecule has 0 bridgehead atoms. The molecule has 3 amide bonds. The molecule has 2 unspecified atom stereocenters. The quantitative estimate of drug-likeness (QED) is 0.789. The van der Waals surface area contributed by atoms with Crippen LogP contribution in [0, 0.1) is 11.7 Å². The first-order valence-corrected chi connectivity index (χ1v) is 10.0. The molecule has 2 atom stereocenters. The van der Waals surface area contributed by atoms with Crippen LogP contribution in [-0.4, -0.2) is 47.7 Å². The summed E-state index contributed by atoms with van der Waals surface area (Å²) in [7, 11) is 1.47. The molecule has 1 aliphatic heterocycles. The van der Waals surface area contributed by atoms with Crippen molar-refractivity contribution >= 4 is 29.3 Å². The van der Waals surface area contributed by atoms with Gasteiger partial charge in [-0.3, -0.25) is 14.4 Å². The van der Waals surface area contributed by atoms with E-state index < -0.39 is 23.7 Å². The summed E-state index contributed by atoms with van der Waals surface area (Å²) in [5.41, 5.74) is 6.32. The van der Waals surface area contributed by atoms with Crippen LogP contribution in [0.1, 0.15) is 34.8 Å². The molecule has 2 aromatic rings. The van der Waals surface area contributed by atoms with E-state index in [1.807, 2.05) is 0 Å². The van der Waals surface area contributed by atoms with E-state index in [0.717, 1.165) is 0 Å². The van der Waals surface area contributed by atoms with Gasteiger partial charge in [0.15, 0.2) is 0 Å². The zero-order valence-corrected chi connectivity index (χ0v) is 17.3. The highest BCUT2D eigenvalue weighted by Gasteiger charge is 2.35. The van der Waals surface area contributed by atoms with Gasteiger partial charge in [-0.2, -0.15) is 0 Å². The lowest BCUT2D eigenvalue weighted by Crippen LogP contribution is -2.48. The summed E-state index contributed by atoms with van der Waals surface area (Å²) >= 11 is 5.88. The van der Waals surface area contributed by atoms with E-state index in [1.54, 1.807) is 35.2 Å². The minimum atomic E-state index is -1.09. The van der Waals surface area contributed by atoms with E-state index in [-0.39, 0.29) is 18.4 Å². The third-order valence-electron chi connectivity index (χ3n) is 5.32. The monoisotopic (exact) mass is 431 g/mol. The summed E-state index contributed by atoms with van der Waals surface area (Å²) in [5.74, 6) is -2.23. The van der Waals surface area contributed by atoms with Crippen molar-refractivity contribution in [2.24, 2.45) is 11.7 Å². The van der Waals surface area contributed by atoms with Crippen LogP contribution >= 0.6 is 11.6 Å². The van der Waals surface area contributed by atoms with Gasteiger partial charge in [0.05, 0.1) is 5.92 Å². The second-order valence-corrected chi connectivity index (χ2v) is 7.84.